The standard InChI is InChI=1S/C33H43N7O4/c1-7-38(32(43)44-33(3,4)5)18-17-34-29(41)22-39(28-19-25(14-13-24(28)2)31-35-15-10-16-36-31)23-30(42)37(6)40-20-26-11-8-9-12-27(26)21-40/h8-16,19H,7,17-18,20-23H2,1-6H3,(H,34,41). The third-order valence-corrected chi connectivity index (χ3v) is 7.38. The first-order valence-corrected chi connectivity index (χ1v) is 14.9. The van der Waals surface area contributed by atoms with Crippen molar-refractivity contribution in [2.45, 2.75) is 53.3 Å². The zero-order valence-electron chi connectivity index (χ0n) is 26.5. The molecule has 1 aliphatic heterocycles. The van der Waals surface area contributed by atoms with Crippen LogP contribution in [-0.4, -0.2) is 88.2 Å². The summed E-state index contributed by atoms with van der Waals surface area (Å²) in [5.41, 5.74) is 4.21. The number of carbonyl (C=O) groups is 3. The summed E-state index contributed by atoms with van der Waals surface area (Å²) in [6, 6.07) is 15.7. The second-order valence-electron chi connectivity index (χ2n) is 11.8. The molecule has 234 valence electrons. The highest BCUT2D eigenvalue weighted by molar-refractivity contribution is 5.87. The van der Waals surface area contributed by atoms with Crippen molar-refractivity contribution in [2.24, 2.45) is 0 Å². The van der Waals surface area contributed by atoms with Gasteiger partial charge < -0.3 is 19.9 Å². The molecule has 0 unspecified atom stereocenters. The molecule has 1 N–H and O–H groups in total. The van der Waals surface area contributed by atoms with Crippen molar-refractivity contribution in [1.82, 2.24) is 30.2 Å². The van der Waals surface area contributed by atoms with Crippen LogP contribution in [0.1, 0.15) is 44.4 Å². The number of nitrogens with zero attached hydrogens (tertiary/aromatic N) is 6. The number of nitrogens with one attached hydrogen (secondary N) is 1. The van der Waals surface area contributed by atoms with Gasteiger partial charge in [-0.1, -0.05) is 36.4 Å². The van der Waals surface area contributed by atoms with Gasteiger partial charge in [-0.05, 0) is 63.4 Å². The Bertz CT molecular complexity index is 1430. The van der Waals surface area contributed by atoms with Crippen LogP contribution in [0.25, 0.3) is 11.4 Å². The molecule has 0 aliphatic carbocycles. The summed E-state index contributed by atoms with van der Waals surface area (Å²) < 4.78 is 5.47. The number of amides is 3. The fourth-order valence-corrected chi connectivity index (χ4v) is 4.98. The van der Waals surface area contributed by atoms with Crippen LogP contribution in [-0.2, 0) is 27.4 Å². The highest BCUT2D eigenvalue weighted by Gasteiger charge is 2.27. The van der Waals surface area contributed by atoms with E-state index < -0.39 is 11.7 Å². The smallest absolute Gasteiger partial charge is 0.410 e. The molecule has 0 fully saturated rings. The first kappa shape index (κ1) is 32.4. The average molecular weight is 602 g/mol. The molecule has 4 rings (SSSR count). The molecule has 0 radical (unpaired) electrons. The molecule has 0 saturated heterocycles. The van der Waals surface area contributed by atoms with E-state index in [0.717, 1.165) is 16.8 Å². The topological polar surface area (TPSA) is 111 Å². The van der Waals surface area contributed by atoms with Crippen LogP contribution in [0.5, 0.6) is 0 Å². The van der Waals surface area contributed by atoms with Crippen molar-refractivity contribution >= 4 is 23.6 Å². The van der Waals surface area contributed by atoms with Gasteiger partial charge in [0.15, 0.2) is 5.82 Å². The van der Waals surface area contributed by atoms with E-state index in [9.17, 15) is 14.4 Å². The van der Waals surface area contributed by atoms with Crippen molar-refractivity contribution < 1.29 is 19.1 Å². The summed E-state index contributed by atoms with van der Waals surface area (Å²) in [6.07, 6.45) is 2.93. The Morgan fingerprint density at radius 2 is 1.64 bits per heavy atom. The van der Waals surface area contributed by atoms with Crippen molar-refractivity contribution in [3.63, 3.8) is 0 Å². The van der Waals surface area contributed by atoms with Gasteiger partial charge >= 0.3 is 6.09 Å². The molecule has 2 heterocycles. The van der Waals surface area contributed by atoms with Gasteiger partial charge in [-0.3, -0.25) is 14.6 Å². The van der Waals surface area contributed by atoms with Gasteiger partial charge in [0.05, 0.1) is 13.1 Å². The number of hydrogen-bond donors (Lipinski definition) is 1. The van der Waals surface area contributed by atoms with Crippen LogP contribution in [0.3, 0.4) is 0 Å². The van der Waals surface area contributed by atoms with Gasteiger partial charge in [-0.15, -0.1) is 0 Å². The minimum absolute atomic E-state index is 0.0182. The zero-order valence-corrected chi connectivity index (χ0v) is 26.5. The zero-order chi connectivity index (χ0) is 31.9. The first-order chi connectivity index (χ1) is 20.9. The fraction of sp³-hybridized carbons (Fsp3) is 0.424. The number of hydrogen-bond acceptors (Lipinski definition) is 8. The third-order valence-electron chi connectivity index (χ3n) is 7.38. The van der Waals surface area contributed by atoms with E-state index in [0.29, 0.717) is 32.0 Å². The summed E-state index contributed by atoms with van der Waals surface area (Å²) in [5, 5.41) is 6.56. The molecule has 11 nitrogen and oxygen atoms in total. The highest BCUT2D eigenvalue weighted by Crippen LogP contribution is 2.27. The molecule has 0 saturated carbocycles. The van der Waals surface area contributed by atoms with E-state index in [-0.39, 0.29) is 31.4 Å². The number of benzene rings is 2. The lowest BCUT2D eigenvalue weighted by Gasteiger charge is -2.32. The summed E-state index contributed by atoms with van der Waals surface area (Å²) in [5.74, 6) is 0.140. The maximum absolute atomic E-state index is 13.7. The predicted octanol–water partition coefficient (Wildman–Crippen LogP) is 4.02. The molecule has 0 spiro atoms. The Kier molecular flexibility index (Phi) is 10.5. The van der Waals surface area contributed by atoms with Crippen LogP contribution in [0.2, 0.25) is 0 Å². The summed E-state index contributed by atoms with van der Waals surface area (Å²) in [6.45, 7) is 11.5. The van der Waals surface area contributed by atoms with E-state index >= 15 is 0 Å². The lowest BCUT2D eigenvalue weighted by Crippen LogP contribution is -2.48. The first-order valence-electron chi connectivity index (χ1n) is 14.9. The Balaban J connectivity index is 1.49. The fourth-order valence-electron chi connectivity index (χ4n) is 4.98. The predicted molar refractivity (Wildman–Crippen MR) is 169 cm³/mol. The minimum Gasteiger partial charge on any atom is -0.444 e. The molecular formula is C33H43N7O4. The number of aryl methyl sites for hydroxylation is 1. The summed E-state index contributed by atoms with van der Waals surface area (Å²) >= 11 is 0. The van der Waals surface area contributed by atoms with Crippen molar-refractivity contribution in [3.8, 4) is 11.4 Å². The molecule has 1 aliphatic rings. The van der Waals surface area contributed by atoms with Gasteiger partial charge in [0.2, 0.25) is 5.91 Å². The van der Waals surface area contributed by atoms with Crippen LogP contribution >= 0.6 is 0 Å². The largest absolute Gasteiger partial charge is 0.444 e. The second-order valence-corrected chi connectivity index (χ2v) is 11.8. The quantitative estimate of drug-likeness (QED) is 0.351. The van der Waals surface area contributed by atoms with Crippen LogP contribution in [0, 0.1) is 6.92 Å². The van der Waals surface area contributed by atoms with Gasteiger partial charge in [-0.25, -0.2) is 19.8 Å². The Labute approximate surface area is 259 Å². The molecule has 0 atom stereocenters. The van der Waals surface area contributed by atoms with Gasteiger partial charge in [-0.2, -0.15) is 0 Å². The maximum Gasteiger partial charge on any atom is 0.410 e. The summed E-state index contributed by atoms with van der Waals surface area (Å²) in [4.78, 5) is 51.5. The average Bonchev–Trinajstić information content (AvgIpc) is 3.43. The highest BCUT2D eigenvalue weighted by atomic mass is 16.6. The molecule has 44 heavy (non-hydrogen) atoms. The molecule has 0 bridgehead atoms. The van der Waals surface area contributed by atoms with Crippen molar-refractivity contribution in [3.05, 3.63) is 77.6 Å². The monoisotopic (exact) mass is 601 g/mol. The lowest BCUT2D eigenvalue weighted by atomic mass is 10.1. The van der Waals surface area contributed by atoms with E-state index in [1.165, 1.54) is 11.1 Å². The van der Waals surface area contributed by atoms with E-state index in [2.05, 4.69) is 27.4 Å². The Morgan fingerprint density at radius 1 is 0.977 bits per heavy atom. The number of aromatic nitrogens is 2. The van der Waals surface area contributed by atoms with Crippen molar-refractivity contribution in [1.29, 1.82) is 0 Å². The number of hydrazine groups is 1. The van der Waals surface area contributed by atoms with Crippen LogP contribution in [0.4, 0.5) is 10.5 Å². The normalized spacial score (nSPS) is 12.8. The SMILES string of the molecule is CCN(CCNC(=O)CN(CC(=O)N(C)N1Cc2ccccc2C1)c1cc(-c2ncccn2)ccc1C)C(=O)OC(C)(C)C. The number of rotatable bonds is 11. The van der Waals surface area contributed by atoms with Crippen LogP contribution in [0.15, 0.2) is 60.9 Å². The van der Waals surface area contributed by atoms with Gasteiger partial charge in [0.1, 0.15) is 5.60 Å². The van der Waals surface area contributed by atoms with E-state index in [1.54, 1.807) is 40.3 Å². The van der Waals surface area contributed by atoms with Crippen molar-refractivity contribution in [2.75, 3.05) is 44.7 Å². The van der Waals surface area contributed by atoms with Crippen LogP contribution < -0.4 is 10.2 Å². The number of likely N-dealkylation sites (N-methyl/N-ethyl adjacent to an activating group) is 2. The Hall–Kier alpha value is -4.51. The van der Waals surface area contributed by atoms with E-state index in [4.69, 9.17) is 4.74 Å². The lowest BCUT2D eigenvalue weighted by molar-refractivity contribution is -0.145. The molecular weight excluding hydrogens is 558 g/mol. The number of ether oxygens (including phenoxy) is 1. The third kappa shape index (κ3) is 8.53. The molecule has 3 aromatic rings. The second kappa shape index (κ2) is 14.3. The number of fused-ring (bicyclic) bond motifs is 1. The van der Waals surface area contributed by atoms with Gasteiger partial charge in [0, 0.05) is 63.4 Å². The summed E-state index contributed by atoms with van der Waals surface area (Å²) in [7, 11) is 1.77. The number of anilines is 1. The Morgan fingerprint density at radius 3 is 2.25 bits per heavy atom. The maximum atomic E-state index is 13.7. The van der Waals surface area contributed by atoms with E-state index in [1.807, 2.05) is 70.0 Å². The molecule has 11 heteroatoms. The minimum atomic E-state index is -0.608. The molecule has 3 amide bonds. The van der Waals surface area contributed by atoms with Gasteiger partial charge in [0.25, 0.3) is 5.91 Å². The number of carbonyl (C=O) groups excluding carboxylic acids is 3. The molecule has 1 aromatic heterocycles. The molecule has 2 aromatic carbocycles.